The smallest absolute Gasteiger partial charge is 0.218 e. The Bertz CT molecular complexity index is 605. The van der Waals surface area contributed by atoms with Gasteiger partial charge in [0.1, 0.15) is 0 Å². The van der Waals surface area contributed by atoms with Gasteiger partial charge in [-0.25, -0.2) is 12.7 Å². The van der Waals surface area contributed by atoms with E-state index in [2.05, 4.69) is 0 Å². The Hall–Kier alpha value is -1.42. The van der Waals surface area contributed by atoms with Crippen molar-refractivity contribution in [3.05, 3.63) is 35.4 Å². The molecule has 0 unspecified atom stereocenters. The lowest BCUT2D eigenvalue weighted by molar-refractivity contribution is 0.0126. The molecule has 0 atom stereocenters. The molecule has 0 spiro atoms. The van der Waals surface area contributed by atoms with Gasteiger partial charge < -0.3 is 5.11 Å². The Labute approximate surface area is 119 Å². The van der Waals surface area contributed by atoms with Gasteiger partial charge in [-0.1, -0.05) is 12.1 Å². The van der Waals surface area contributed by atoms with E-state index in [0.717, 1.165) is 0 Å². The van der Waals surface area contributed by atoms with E-state index in [1.54, 1.807) is 31.2 Å². The predicted molar refractivity (Wildman–Crippen MR) is 75.2 cm³/mol. The quantitative estimate of drug-likeness (QED) is 0.909. The van der Waals surface area contributed by atoms with E-state index in [1.165, 1.54) is 4.31 Å². The Morgan fingerprint density at radius 3 is 2.35 bits per heavy atom. The second-order valence-electron chi connectivity index (χ2n) is 5.46. The summed E-state index contributed by atoms with van der Waals surface area (Å²) in [5.41, 5.74) is 0.419. The molecule has 1 saturated heterocycles. The zero-order valence-electron chi connectivity index (χ0n) is 11.4. The van der Waals surface area contributed by atoms with Crippen LogP contribution in [0.15, 0.2) is 24.3 Å². The highest BCUT2D eigenvalue weighted by atomic mass is 32.2. The monoisotopic (exact) mass is 294 g/mol. The maximum atomic E-state index is 12.3. The van der Waals surface area contributed by atoms with Crippen LogP contribution >= 0.6 is 0 Å². The van der Waals surface area contributed by atoms with Gasteiger partial charge in [0.15, 0.2) is 0 Å². The third-order valence-electron chi connectivity index (χ3n) is 3.63. The molecule has 6 heteroatoms. The second kappa shape index (κ2) is 5.52. The summed E-state index contributed by atoms with van der Waals surface area (Å²) < 4.78 is 26.0. The summed E-state index contributed by atoms with van der Waals surface area (Å²) in [5.74, 6) is -0.0686. The highest BCUT2D eigenvalue weighted by Gasteiger charge is 2.33. The molecular weight excluding hydrogens is 276 g/mol. The first-order valence-corrected chi connectivity index (χ1v) is 8.13. The molecule has 0 saturated carbocycles. The minimum Gasteiger partial charge on any atom is -0.390 e. The first kappa shape index (κ1) is 15.0. The molecular formula is C14H18N2O3S. The third-order valence-corrected chi connectivity index (χ3v) is 5.48. The van der Waals surface area contributed by atoms with E-state index < -0.39 is 15.6 Å². The van der Waals surface area contributed by atoms with E-state index >= 15 is 0 Å². The molecule has 5 nitrogen and oxygen atoms in total. The highest BCUT2D eigenvalue weighted by Crippen LogP contribution is 2.24. The van der Waals surface area contributed by atoms with Gasteiger partial charge in [-0.05, 0) is 37.5 Å². The van der Waals surface area contributed by atoms with Gasteiger partial charge >= 0.3 is 0 Å². The summed E-state index contributed by atoms with van der Waals surface area (Å²) >= 11 is 0. The number of piperidine rings is 1. The summed E-state index contributed by atoms with van der Waals surface area (Å²) in [5, 5.41) is 18.6. The molecule has 1 aliphatic rings. The van der Waals surface area contributed by atoms with Crippen LogP contribution in [-0.4, -0.2) is 36.5 Å². The van der Waals surface area contributed by atoms with Crippen LogP contribution in [0.1, 0.15) is 30.9 Å². The Balaban J connectivity index is 2.06. The van der Waals surface area contributed by atoms with Gasteiger partial charge in [0.2, 0.25) is 10.0 Å². The zero-order valence-corrected chi connectivity index (χ0v) is 12.2. The lowest BCUT2D eigenvalue weighted by Gasteiger charge is -2.35. The van der Waals surface area contributed by atoms with Crippen molar-refractivity contribution < 1.29 is 13.5 Å². The second-order valence-corrected chi connectivity index (χ2v) is 7.43. The summed E-state index contributed by atoms with van der Waals surface area (Å²) in [6.07, 6.45) is 0.916. The molecule has 20 heavy (non-hydrogen) atoms. The number of hydrogen-bond donors (Lipinski definition) is 1. The molecule has 1 fully saturated rings. The van der Waals surface area contributed by atoms with Crippen molar-refractivity contribution in [3.63, 3.8) is 0 Å². The Kier molecular flexibility index (Phi) is 4.14. The van der Waals surface area contributed by atoms with Gasteiger partial charge in [0.25, 0.3) is 0 Å². The molecule has 108 valence electrons. The van der Waals surface area contributed by atoms with Crippen LogP contribution in [0.5, 0.6) is 0 Å². The van der Waals surface area contributed by atoms with Crippen LogP contribution < -0.4 is 0 Å². The van der Waals surface area contributed by atoms with Crippen molar-refractivity contribution in [2.24, 2.45) is 0 Å². The van der Waals surface area contributed by atoms with E-state index in [1.807, 2.05) is 6.07 Å². The van der Waals surface area contributed by atoms with Gasteiger partial charge in [-0.15, -0.1) is 0 Å². The fourth-order valence-electron chi connectivity index (χ4n) is 2.22. The first-order valence-electron chi connectivity index (χ1n) is 6.52. The number of hydrogen-bond acceptors (Lipinski definition) is 4. The molecule has 2 rings (SSSR count). The average molecular weight is 294 g/mol. The van der Waals surface area contributed by atoms with Crippen LogP contribution in [0, 0.1) is 11.3 Å². The third kappa shape index (κ3) is 3.57. The van der Waals surface area contributed by atoms with E-state index in [0.29, 0.717) is 37.1 Å². The lowest BCUT2D eigenvalue weighted by Crippen LogP contribution is -2.45. The molecule has 1 aromatic carbocycles. The Morgan fingerprint density at radius 2 is 1.85 bits per heavy atom. The number of rotatable bonds is 3. The normalized spacial score (nSPS) is 19.4. The summed E-state index contributed by atoms with van der Waals surface area (Å²) in [6.45, 7) is 2.44. The van der Waals surface area contributed by atoms with Crippen LogP contribution in [0.25, 0.3) is 0 Å². The van der Waals surface area contributed by atoms with Crippen molar-refractivity contribution in [1.82, 2.24) is 4.31 Å². The van der Waals surface area contributed by atoms with Crippen LogP contribution in [0.4, 0.5) is 0 Å². The summed E-state index contributed by atoms with van der Waals surface area (Å²) in [4.78, 5) is 0. The van der Waals surface area contributed by atoms with Gasteiger partial charge in [0, 0.05) is 13.1 Å². The molecule has 0 radical (unpaired) electrons. The Morgan fingerprint density at radius 1 is 1.30 bits per heavy atom. The number of sulfonamides is 1. The van der Waals surface area contributed by atoms with Crippen molar-refractivity contribution in [3.8, 4) is 6.07 Å². The maximum absolute atomic E-state index is 12.3. The fraction of sp³-hybridized carbons (Fsp3) is 0.500. The molecule has 0 amide bonds. The van der Waals surface area contributed by atoms with Gasteiger partial charge in [0.05, 0.1) is 23.0 Å². The molecule has 1 N–H and O–H groups in total. The largest absolute Gasteiger partial charge is 0.390 e. The SMILES string of the molecule is CC1(O)CCN(S(=O)(=O)Cc2ccc(C#N)cc2)CC1. The number of benzene rings is 1. The van der Waals surface area contributed by atoms with Crippen LogP contribution in [0.2, 0.25) is 0 Å². The fourth-order valence-corrected chi connectivity index (χ4v) is 3.76. The summed E-state index contributed by atoms with van der Waals surface area (Å²) in [7, 11) is -3.37. The predicted octanol–water partition coefficient (Wildman–Crippen LogP) is 1.23. The molecule has 1 heterocycles. The zero-order chi connectivity index (χ0) is 14.8. The molecule has 0 aliphatic carbocycles. The van der Waals surface area contributed by atoms with Crippen molar-refractivity contribution in [1.29, 1.82) is 5.26 Å². The van der Waals surface area contributed by atoms with Crippen molar-refractivity contribution in [2.75, 3.05) is 13.1 Å². The van der Waals surface area contributed by atoms with Crippen LogP contribution in [-0.2, 0) is 15.8 Å². The minimum absolute atomic E-state index is 0.0686. The number of nitrogens with zero attached hydrogens (tertiary/aromatic N) is 2. The molecule has 1 aromatic rings. The van der Waals surface area contributed by atoms with E-state index in [4.69, 9.17) is 5.26 Å². The van der Waals surface area contributed by atoms with Gasteiger partial charge in [-0.2, -0.15) is 5.26 Å². The van der Waals surface area contributed by atoms with Crippen LogP contribution in [0.3, 0.4) is 0 Å². The molecule has 1 aliphatic heterocycles. The van der Waals surface area contributed by atoms with E-state index in [9.17, 15) is 13.5 Å². The lowest BCUT2D eigenvalue weighted by atomic mass is 9.95. The van der Waals surface area contributed by atoms with Crippen molar-refractivity contribution in [2.45, 2.75) is 31.1 Å². The minimum atomic E-state index is -3.37. The number of nitriles is 1. The molecule has 0 bridgehead atoms. The molecule has 0 aromatic heterocycles. The van der Waals surface area contributed by atoms with Crippen molar-refractivity contribution >= 4 is 10.0 Å². The number of aliphatic hydroxyl groups is 1. The highest BCUT2D eigenvalue weighted by molar-refractivity contribution is 7.88. The summed E-state index contributed by atoms with van der Waals surface area (Å²) in [6, 6.07) is 8.56. The van der Waals surface area contributed by atoms with E-state index in [-0.39, 0.29) is 5.75 Å². The first-order chi connectivity index (χ1) is 9.32. The maximum Gasteiger partial charge on any atom is 0.218 e. The van der Waals surface area contributed by atoms with Gasteiger partial charge in [-0.3, -0.25) is 0 Å². The standard InChI is InChI=1S/C14H18N2O3S/c1-14(17)6-8-16(9-7-14)20(18,19)11-13-4-2-12(10-15)3-5-13/h2-5,17H,6-9,11H2,1H3. The average Bonchev–Trinajstić information content (AvgIpc) is 2.38. The topological polar surface area (TPSA) is 81.4 Å².